The van der Waals surface area contributed by atoms with Crippen molar-refractivity contribution in [1.29, 1.82) is 0 Å². The average molecular weight is 274 g/mol. The van der Waals surface area contributed by atoms with Crippen LogP contribution in [-0.4, -0.2) is 28.6 Å². The van der Waals surface area contributed by atoms with Gasteiger partial charge in [0.2, 0.25) is 0 Å². The first-order valence-corrected chi connectivity index (χ1v) is 6.54. The summed E-state index contributed by atoms with van der Waals surface area (Å²) in [5.74, 6) is 0.161. The Bertz CT molecular complexity index is 575. The minimum atomic E-state index is -0.296. The third-order valence-electron chi connectivity index (χ3n) is 3.04. The number of oxazole rings is 1. The fourth-order valence-corrected chi connectivity index (χ4v) is 1.88. The molecule has 1 aromatic carbocycles. The lowest BCUT2D eigenvalue weighted by molar-refractivity contribution is 0.0930. The van der Waals surface area contributed by atoms with Gasteiger partial charge in [0.1, 0.15) is 0 Å². The van der Waals surface area contributed by atoms with Crippen LogP contribution in [0.25, 0.3) is 11.3 Å². The van der Waals surface area contributed by atoms with Crippen LogP contribution in [0.5, 0.6) is 0 Å². The van der Waals surface area contributed by atoms with Crippen LogP contribution in [0, 0.1) is 6.92 Å². The monoisotopic (exact) mass is 274 g/mol. The molecular weight excluding hydrogens is 256 g/mol. The largest absolute Gasteiger partial charge is 0.443 e. The number of nitrogens with zero attached hydrogens (tertiary/aromatic N) is 1. The van der Waals surface area contributed by atoms with Crippen LogP contribution in [0.4, 0.5) is 0 Å². The van der Waals surface area contributed by atoms with Crippen molar-refractivity contribution in [2.75, 3.05) is 6.61 Å². The molecule has 0 aliphatic heterocycles. The molecule has 0 saturated carbocycles. The Kier molecular flexibility index (Phi) is 4.53. The van der Waals surface area contributed by atoms with E-state index in [9.17, 15) is 4.79 Å². The molecule has 1 atom stereocenters. The third kappa shape index (κ3) is 3.24. The van der Waals surface area contributed by atoms with E-state index in [4.69, 9.17) is 9.52 Å². The summed E-state index contributed by atoms with van der Waals surface area (Å²) in [7, 11) is 0. The van der Waals surface area contributed by atoms with Crippen molar-refractivity contribution in [3.63, 3.8) is 0 Å². The van der Waals surface area contributed by atoms with Gasteiger partial charge < -0.3 is 14.8 Å². The highest BCUT2D eigenvalue weighted by Crippen LogP contribution is 2.23. The number of carbonyl (C=O) groups is 1. The summed E-state index contributed by atoms with van der Waals surface area (Å²) in [5.41, 5.74) is 2.21. The fraction of sp³-hybridized carbons (Fsp3) is 0.333. The predicted molar refractivity (Wildman–Crippen MR) is 75.3 cm³/mol. The zero-order chi connectivity index (χ0) is 14.5. The van der Waals surface area contributed by atoms with Crippen LogP contribution < -0.4 is 5.32 Å². The first-order chi connectivity index (χ1) is 9.61. The molecule has 2 N–H and O–H groups in total. The lowest BCUT2D eigenvalue weighted by atomic mass is 10.1. The van der Waals surface area contributed by atoms with Gasteiger partial charge >= 0.3 is 0 Å². The molecule has 106 valence electrons. The number of carbonyl (C=O) groups excluding carboxylic acids is 1. The number of aryl methyl sites for hydroxylation is 1. The van der Waals surface area contributed by atoms with E-state index in [-0.39, 0.29) is 24.2 Å². The molecule has 5 nitrogen and oxygen atoms in total. The van der Waals surface area contributed by atoms with Crippen LogP contribution in [0.1, 0.15) is 29.4 Å². The van der Waals surface area contributed by atoms with E-state index in [2.05, 4.69) is 10.3 Å². The average Bonchev–Trinajstić information content (AvgIpc) is 2.89. The van der Waals surface area contributed by atoms with Crippen molar-refractivity contribution in [3.05, 3.63) is 41.9 Å². The molecule has 0 radical (unpaired) electrons. The van der Waals surface area contributed by atoms with E-state index in [1.54, 1.807) is 0 Å². The molecule has 2 rings (SSSR count). The van der Waals surface area contributed by atoms with Crippen molar-refractivity contribution in [2.45, 2.75) is 26.3 Å². The zero-order valence-electron chi connectivity index (χ0n) is 11.6. The van der Waals surface area contributed by atoms with Crippen LogP contribution in [0.2, 0.25) is 0 Å². The number of aromatic nitrogens is 1. The van der Waals surface area contributed by atoms with Crippen molar-refractivity contribution >= 4 is 5.91 Å². The van der Waals surface area contributed by atoms with E-state index in [1.807, 2.05) is 38.1 Å². The summed E-state index contributed by atoms with van der Waals surface area (Å²) in [6.45, 7) is 3.86. The summed E-state index contributed by atoms with van der Waals surface area (Å²) in [6.07, 6.45) is 1.77. The van der Waals surface area contributed by atoms with E-state index in [0.717, 1.165) is 11.1 Å². The second-order valence-electron chi connectivity index (χ2n) is 4.78. The second-order valence-corrected chi connectivity index (χ2v) is 4.78. The van der Waals surface area contributed by atoms with Crippen molar-refractivity contribution in [2.24, 2.45) is 0 Å². The van der Waals surface area contributed by atoms with Gasteiger partial charge in [-0.25, -0.2) is 4.98 Å². The third-order valence-corrected chi connectivity index (χ3v) is 3.04. The standard InChI is InChI=1S/C15H18N2O3/c1-10-3-5-12(6-4-10)14-13(16-9-20-14)15(19)17-11(2)7-8-18/h3-6,9,11,18H,7-8H2,1-2H3,(H,17,19). The Balaban J connectivity index is 2.20. The number of hydrogen-bond acceptors (Lipinski definition) is 4. The summed E-state index contributed by atoms with van der Waals surface area (Å²) in [4.78, 5) is 16.1. The molecule has 0 spiro atoms. The van der Waals surface area contributed by atoms with Crippen molar-refractivity contribution in [3.8, 4) is 11.3 Å². The minimum absolute atomic E-state index is 0.0328. The summed E-state index contributed by atoms with van der Waals surface area (Å²) < 4.78 is 5.33. The van der Waals surface area contributed by atoms with Gasteiger partial charge in [-0.05, 0) is 20.3 Å². The molecule has 5 heteroatoms. The molecule has 1 amide bonds. The highest BCUT2D eigenvalue weighted by Gasteiger charge is 2.19. The number of amides is 1. The van der Waals surface area contributed by atoms with Crippen LogP contribution in [0.15, 0.2) is 35.1 Å². The maximum atomic E-state index is 12.1. The highest BCUT2D eigenvalue weighted by molar-refractivity contribution is 5.97. The zero-order valence-corrected chi connectivity index (χ0v) is 11.6. The van der Waals surface area contributed by atoms with Gasteiger partial charge in [-0.1, -0.05) is 29.8 Å². The van der Waals surface area contributed by atoms with Crippen molar-refractivity contribution < 1.29 is 14.3 Å². The van der Waals surface area contributed by atoms with E-state index in [1.165, 1.54) is 6.39 Å². The van der Waals surface area contributed by atoms with E-state index >= 15 is 0 Å². The molecular formula is C15H18N2O3. The normalized spacial score (nSPS) is 12.2. The van der Waals surface area contributed by atoms with E-state index in [0.29, 0.717) is 12.2 Å². The lowest BCUT2D eigenvalue weighted by Gasteiger charge is -2.11. The smallest absolute Gasteiger partial charge is 0.274 e. The van der Waals surface area contributed by atoms with E-state index < -0.39 is 0 Å². The van der Waals surface area contributed by atoms with Gasteiger partial charge in [0.15, 0.2) is 17.8 Å². The summed E-state index contributed by atoms with van der Waals surface area (Å²) in [6, 6.07) is 7.57. The Morgan fingerprint density at radius 1 is 1.40 bits per heavy atom. The summed E-state index contributed by atoms with van der Waals surface area (Å²) >= 11 is 0. The molecule has 20 heavy (non-hydrogen) atoms. The Morgan fingerprint density at radius 2 is 2.10 bits per heavy atom. The number of hydrogen-bond donors (Lipinski definition) is 2. The molecule has 0 bridgehead atoms. The van der Waals surface area contributed by atoms with Gasteiger partial charge in [0.05, 0.1) is 0 Å². The molecule has 0 fully saturated rings. The number of aliphatic hydroxyl groups excluding tert-OH is 1. The molecule has 2 aromatic rings. The molecule has 1 unspecified atom stereocenters. The Morgan fingerprint density at radius 3 is 2.75 bits per heavy atom. The first kappa shape index (κ1) is 14.3. The Labute approximate surface area is 117 Å². The molecule has 0 saturated heterocycles. The molecule has 0 aliphatic rings. The topological polar surface area (TPSA) is 75.4 Å². The quantitative estimate of drug-likeness (QED) is 0.876. The molecule has 0 aliphatic carbocycles. The highest BCUT2D eigenvalue weighted by atomic mass is 16.3. The lowest BCUT2D eigenvalue weighted by Crippen LogP contribution is -2.33. The predicted octanol–water partition coefficient (Wildman–Crippen LogP) is 2.15. The number of benzene rings is 1. The maximum Gasteiger partial charge on any atom is 0.274 e. The van der Waals surface area contributed by atoms with Gasteiger partial charge in [-0.3, -0.25) is 4.79 Å². The van der Waals surface area contributed by atoms with Crippen LogP contribution >= 0.6 is 0 Å². The van der Waals surface area contributed by atoms with Gasteiger partial charge in [-0.15, -0.1) is 0 Å². The number of aliphatic hydroxyl groups is 1. The molecule has 1 aromatic heterocycles. The molecule has 1 heterocycles. The second kappa shape index (κ2) is 6.34. The fourth-order valence-electron chi connectivity index (χ4n) is 1.88. The van der Waals surface area contributed by atoms with Crippen molar-refractivity contribution in [1.82, 2.24) is 10.3 Å². The first-order valence-electron chi connectivity index (χ1n) is 6.54. The van der Waals surface area contributed by atoms with Gasteiger partial charge in [0, 0.05) is 18.2 Å². The van der Waals surface area contributed by atoms with Gasteiger partial charge in [0.25, 0.3) is 5.91 Å². The SMILES string of the molecule is Cc1ccc(-c2ocnc2C(=O)NC(C)CCO)cc1. The number of nitrogens with one attached hydrogen (secondary N) is 1. The Hall–Kier alpha value is -2.14. The van der Waals surface area contributed by atoms with Crippen LogP contribution in [-0.2, 0) is 0 Å². The van der Waals surface area contributed by atoms with Gasteiger partial charge in [-0.2, -0.15) is 0 Å². The maximum absolute atomic E-state index is 12.1. The van der Waals surface area contributed by atoms with Crippen LogP contribution in [0.3, 0.4) is 0 Å². The number of rotatable bonds is 5. The minimum Gasteiger partial charge on any atom is -0.443 e. The summed E-state index contributed by atoms with van der Waals surface area (Å²) in [5, 5.41) is 11.6.